The van der Waals surface area contributed by atoms with E-state index < -0.39 is 0 Å². The summed E-state index contributed by atoms with van der Waals surface area (Å²) in [6.45, 7) is 0. The van der Waals surface area contributed by atoms with Crippen molar-refractivity contribution in [3.05, 3.63) is 229 Å². The molecular formula is C59H34N2O. The van der Waals surface area contributed by atoms with Gasteiger partial charge in [0, 0.05) is 27.3 Å². The Labute approximate surface area is 357 Å². The fourth-order valence-corrected chi connectivity index (χ4v) is 11.0. The first-order chi connectivity index (χ1) is 30.7. The molecular weight excluding hydrogens is 753 g/mol. The smallest absolute Gasteiger partial charge is 0.160 e. The summed E-state index contributed by atoms with van der Waals surface area (Å²) in [5, 5.41) is 7.66. The van der Waals surface area contributed by atoms with Crippen molar-refractivity contribution >= 4 is 54.4 Å². The molecule has 0 saturated carbocycles. The third-order valence-corrected chi connectivity index (χ3v) is 13.7. The van der Waals surface area contributed by atoms with E-state index in [9.17, 15) is 0 Å². The molecule has 2 aliphatic rings. The molecule has 0 unspecified atom stereocenters. The maximum Gasteiger partial charge on any atom is 0.160 e. The molecule has 3 nitrogen and oxygen atoms in total. The lowest BCUT2D eigenvalue weighted by Crippen LogP contribution is -2.25. The first-order valence-corrected chi connectivity index (χ1v) is 21.3. The summed E-state index contributed by atoms with van der Waals surface area (Å²) in [5.74, 6) is 0.676. The van der Waals surface area contributed by atoms with E-state index >= 15 is 0 Å². The summed E-state index contributed by atoms with van der Waals surface area (Å²) in [6.07, 6.45) is 0. The normalized spacial score (nSPS) is 13.3. The number of hydrogen-bond acceptors (Lipinski definition) is 3. The summed E-state index contributed by atoms with van der Waals surface area (Å²) in [6, 6.07) is 74.9. The van der Waals surface area contributed by atoms with Gasteiger partial charge in [-0.05, 0) is 108 Å². The highest BCUT2D eigenvalue weighted by Gasteiger charge is 2.51. The lowest BCUT2D eigenvalue weighted by molar-refractivity contribution is 0.673. The fourth-order valence-electron chi connectivity index (χ4n) is 11.0. The van der Waals surface area contributed by atoms with Crippen LogP contribution in [-0.4, -0.2) is 9.97 Å². The zero-order valence-corrected chi connectivity index (χ0v) is 33.4. The van der Waals surface area contributed by atoms with Crippen molar-refractivity contribution in [2.24, 2.45) is 0 Å². The molecule has 0 amide bonds. The van der Waals surface area contributed by atoms with Gasteiger partial charge >= 0.3 is 0 Å². The molecule has 1 spiro atoms. The Bertz CT molecular complexity index is 3850. The van der Waals surface area contributed by atoms with Gasteiger partial charge in [0.15, 0.2) is 5.82 Å². The van der Waals surface area contributed by atoms with Crippen LogP contribution in [0.2, 0.25) is 0 Å². The Morgan fingerprint density at radius 1 is 0.355 bits per heavy atom. The Morgan fingerprint density at radius 2 is 0.952 bits per heavy atom. The van der Waals surface area contributed by atoms with Crippen LogP contribution in [0, 0.1) is 0 Å². The van der Waals surface area contributed by atoms with Crippen molar-refractivity contribution in [2.45, 2.75) is 5.41 Å². The molecule has 2 aliphatic carbocycles. The maximum absolute atomic E-state index is 6.67. The number of fused-ring (bicyclic) bond motifs is 18. The largest absolute Gasteiger partial charge is 0.455 e. The summed E-state index contributed by atoms with van der Waals surface area (Å²) < 4.78 is 6.67. The second kappa shape index (κ2) is 12.4. The van der Waals surface area contributed by atoms with E-state index in [0.29, 0.717) is 5.82 Å². The monoisotopic (exact) mass is 786 g/mol. The predicted octanol–water partition coefficient (Wildman–Crippen LogP) is 15.2. The number of nitrogens with zero attached hydrogens (tertiary/aromatic N) is 2. The lowest BCUT2D eigenvalue weighted by Gasteiger charge is -2.30. The number of rotatable bonds is 3. The number of benzene rings is 10. The quantitative estimate of drug-likeness (QED) is 0.179. The molecule has 12 aromatic rings. The van der Waals surface area contributed by atoms with Crippen LogP contribution in [0.15, 0.2) is 211 Å². The van der Waals surface area contributed by atoms with Crippen LogP contribution >= 0.6 is 0 Å². The van der Waals surface area contributed by atoms with Gasteiger partial charge in [0.2, 0.25) is 0 Å². The van der Waals surface area contributed by atoms with Crippen LogP contribution in [0.25, 0.3) is 110 Å². The van der Waals surface area contributed by atoms with Gasteiger partial charge in [-0.3, -0.25) is 0 Å². The standard InChI is InChI=1S/C59H34N2O/c1-2-14-37-32-40(25-24-35(37)12-1)55-47-29-31-53-54(46-28-26-36-13-3-4-17-42(36)57(46)62-53)56(47)61-58(60-55)41-16-11-15-38(33-41)39-27-30-52-48(34-39)45-20-7-10-23-51(45)59(52)49-21-8-5-18-43(49)44-19-6-9-22-50(44)59/h1-34H. The average Bonchev–Trinajstić information content (AvgIpc) is 3.98. The molecule has 0 atom stereocenters. The van der Waals surface area contributed by atoms with Crippen LogP contribution < -0.4 is 0 Å². The molecule has 3 heteroatoms. The SMILES string of the molecule is c1cc(-c2ccc3c(c2)-c2ccccc2C32c3ccccc3-c3ccccc32)cc(-c2nc(-c3ccc4ccccc4c3)c3ccc4oc5c6ccccc6ccc5c4c3n2)c1. The molecule has 10 aromatic carbocycles. The van der Waals surface area contributed by atoms with E-state index in [1.54, 1.807) is 0 Å². The van der Waals surface area contributed by atoms with Crippen LogP contribution in [0.5, 0.6) is 0 Å². The van der Waals surface area contributed by atoms with Gasteiger partial charge in [0.05, 0.1) is 22.0 Å². The minimum absolute atomic E-state index is 0.369. The third-order valence-electron chi connectivity index (χ3n) is 13.7. The number of hydrogen-bond donors (Lipinski definition) is 0. The Kier molecular flexibility index (Phi) is 6.76. The molecule has 0 fully saturated rings. The summed E-state index contributed by atoms with van der Waals surface area (Å²) in [7, 11) is 0. The first-order valence-electron chi connectivity index (χ1n) is 21.3. The molecule has 0 saturated heterocycles. The van der Waals surface area contributed by atoms with Gasteiger partial charge in [-0.25, -0.2) is 9.97 Å². The van der Waals surface area contributed by atoms with E-state index in [1.807, 2.05) is 0 Å². The highest BCUT2D eigenvalue weighted by Crippen LogP contribution is 2.63. The van der Waals surface area contributed by atoms with Gasteiger partial charge in [0.25, 0.3) is 0 Å². The topological polar surface area (TPSA) is 38.9 Å². The summed E-state index contributed by atoms with van der Waals surface area (Å²) in [5.41, 5.74) is 18.0. The van der Waals surface area contributed by atoms with Crippen LogP contribution in [0.4, 0.5) is 0 Å². The first kappa shape index (κ1) is 33.7. The highest BCUT2D eigenvalue weighted by molar-refractivity contribution is 6.23. The van der Waals surface area contributed by atoms with E-state index in [1.165, 1.54) is 55.3 Å². The molecule has 0 bridgehead atoms. The molecule has 0 aliphatic heterocycles. The zero-order chi connectivity index (χ0) is 40.5. The van der Waals surface area contributed by atoms with Gasteiger partial charge < -0.3 is 4.42 Å². The Hall–Kier alpha value is -8.14. The molecule has 0 N–H and O–H groups in total. The highest BCUT2D eigenvalue weighted by atomic mass is 16.3. The number of furan rings is 1. The second-order valence-electron chi connectivity index (χ2n) is 16.8. The molecule has 62 heavy (non-hydrogen) atoms. The number of aromatic nitrogens is 2. The average molecular weight is 787 g/mol. The molecule has 286 valence electrons. The minimum Gasteiger partial charge on any atom is -0.455 e. The summed E-state index contributed by atoms with van der Waals surface area (Å²) in [4.78, 5) is 10.9. The molecule has 2 aromatic heterocycles. The van der Waals surface area contributed by atoms with E-state index in [4.69, 9.17) is 14.4 Å². The van der Waals surface area contributed by atoms with Gasteiger partial charge in [-0.2, -0.15) is 0 Å². The van der Waals surface area contributed by atoms with E-state index in [2.05, 4.69) is 206 Å². The molecule has 14 rings (SSSR count). The van der Waals surface area contributed by atoms with Crippen molar-refractivity contribution in [1.29, 1.82) is 0 Å². The van der Waals surface area contributed by atoms with Gasteiger partial charge in [-0.1, -0.05) is 170 Å². The lowest BCUT2D eigenvalue weighted by atomic mass is 9.70. The van der Waals surface area contributed by atoms with Gasteiger partial charge in [0.1, 0.15) is 11.2 Å². The van der Waals surface area contributed by atoms with Crippen LogP contribution in [-0.2, 0) is 5.41 Å². The van der Waals surface area contributed by atoms with Crippen molar-refractivity contribution in [3.8, 4) is 56.0 Å². The maximum atomic E-state index is 6.67. The Morgan fingerprint density at radius 3 is 1.74 bits per heavy atom. The second-order valence-corrected chi connectivity index (χ2v) is 16.8. The van der Waals surface area contributed by atoms with Crippen molar-refractivity contribution in [2.75, 3.05) is 0 Å². The van der Waals surface area contributed by atoms with E-state index in [-0.39, 0.29) is 5.41 Å². The fraction of sp³-hybridized carbons (Fsp3) is 0.0169. The predicted molar refractivity (Wildman–Crippen MR) is 254 cm³/mol. The van der Waals surface area contributed by atoms with Crippen molar-refractivity contribution in [1.82, 2.24) is 9.97 Å². The zero-order valence-electron chi connectivity index (χ0n) is 33.4. The molecule has 0 radical (unpaired) electrons. The van der Waals surface area contributed by atoms with E-state index in [0.717, 1.165) is 71.6 Å². The Balaban J connectivity index is 0.975. The van der Waals surface area contributed by atoms with Crippen molar-refractivity contribution in [3.63, 3.8) is 0 Å². The van der Waals surface area contributed by atoms with Crippen LogP contribution in [0.1, 0.15) is 22.3 Å². The minimum atomic E-state index is -0.369. The summed E-state index contributed by atoms with van der Waals surface area (Å²) >= 11 is 0. The van der Waals surface area contributed by atoms with Gasteiger partial charge in [-0.15, -0.1) is 0 Å². The van der Waals surface area contributed by atoms with Crippen LogP contribution in [0.3, 0.4) is 0 Å². The van der Waals surface area contributed by atoms with Crippen molar-refractivity contribution < 1.29 is 4.42 Å². The molecule has 2 heterocycles. The third kappa shape index (κ3) is 4.49.